The summed E-state index contributed by atoms with van der Waals surface area (Å²) in [5.41, 5.74) is 1.98. The van der Waals surface area contributed by atoms with Crippen LogP contribution in [0.3, 0.4) is 0 Å². The highest BCUT2D eigenvalue weighted by molar-refractivity contribution is 6.70. The fraction of sp³-hybridized carbons (Fsp3) is 0.975. The van der Waals surface area contributed by atoms with Crippen molar-refractivity contribution in [1.82, 2.24) is 34.3 Å². The molecule has 7 fully saturated rings. The first-order valence-corrected chi connectivity index (χ1v) is 63.7. The molecule has 0 aliphatic carbocycles. The number of hydrogen-bond donors (Lipinski definition) is 2. The summed E-state index contributed by atoms with van der Waals surface area (Å²) in [5, 5.41) is 20.4. The number of aliphatic hydroxyl groups excluding tert-OH is 2. The van der Waals surface area contributed by atoms with Gasteiger partial charge in [-0.3, -0.25) is 48.7 Å². The lowest BCUT2D eigenvalue weighted by Gasteiger charge is -2.68. The van der Waals surface area contributed by atoms with Gasteiger partial charge in [-0.05, 0) is 426 Å². The molecule has 7 saturated heterocycles. The number of piperidine rings is 7. The first-order chi connectivity index (χ1) is 61.5. The average molecular weight is 1970 g/mol. The standard InChI is InChI=1S/C27H59NO2Si2.C18H37NO.C17H35NO.C17H33NO.C15H29NO.C13H27NO.C13H25NO/c1-16-26(23(21(3)4)29-31(10,11)12)19-18-20-27(17-2,28(26)25(7,8)9)24(22(5)6)30-32(13,14)15;1-9-17(10-2)13-15(20-8)14-18(11-3,12-4)19(17)16(5,6)7;2*1-8-16(9-2)12-14(19)13-17(10-3,11-4)18(16)15(5,6)7;1-8-15(9-2)11-12(17)10-14(6,7)16(15)13(3,4)5;2*1-11(2,3)14-12(4,5)8-10(15)9-13(14,6)7/h21-24H,16-20H2,1-15H3;15H,9-14H2,1-8H3;14,19H,8-13H2,1-7H3;8-13H2,1-7H3;8-11H2,1-7H3;10,15H,8-9H2,1-7H3;8-9H2,1-7H3. The number of carbonyl (C=O) groups excluding carboxylic acids is 3. The molecule has 7 heterocycles. The van der Waals surface area contributed by atoms with Gasteiger partial charge in [-0.15, -0.1) is 0 Å². The lowest BCUT2D eigenvalue weighted by atomic mass is 9.64. The molecule has 4 atom stereocenters. The molecule has 0 bridgehead atoms. The summed E-state index contributed by atoms with van der Waals surface area (Å²) in [6, 6.07) is 0. The van der Waals surface area contributed by atoms with Gasteiger partial charge in [0.1, 0.15) is 17.3 Å². The molecule has 2 N–H and O–H groups in total. The number of ether oxygens (including phenoxy) is 1. The van der Waals surface area contributed by atoms with E-state index in [1.165, 1.54) is 57.8 Å². The van der Waals surface area contributed by atoms with Crippen LogP contribution in [-0.2, 0) is 28.0 Å². The number of rotatable bonds is 25. The van der Waals surface area contributed by atoms with Crippen LogP contribution >= 0.6 is 0 Å². The fourth-order valence-corrected chi connectivity index (χ4v) is 35.5. The van der Waals surface area contributed by atoms with Crippen molar-refractivity contribution in [3.05, 3.63) is 0 Å². The smallest absolute Gasteiger partial charge is 0.184 e. The van der Waals surface area contributed by atoms with E-state index in [1.54, 1.807) is 0 Å². The topological polar surface area (TPSA) is 142 Å². The summed E-state index contributed by atoms with van der Waals surface area (Å²) in [4.78, 5) is 55.2. The molecular weight excluding hydrogens is 1720 g/mol. The number of likely N-dealkylation sites (tertiary alicyclic amines) is 7. The highest BCUT2D eigenvalue weighted by Gasteiger charge is 2.64. The van der Waals surface area contributed by atoms with Gasteiger partial charge in [0.25, 0.3) is 0 Å². The van der Waals surface area contributed by atoms with Gasteiger partial charge in [0.05, 0.1) is 30.5 Å². The van der Waals surface area contributed by atoms with Crippen molar-refractivity contribution in [1.29, 1.82) is 0 Å². The van der Waals surface area contributed by atoms with Gasteiger partial charge in [0, 0.05) is 162 Å². The summed E-state index contributed by atoms with van der Waals surface area (Å²) in [6.07, 6.45) is 32.4. The number of nitrogens with zero attached hydrogens (tertiary/aromatic N) is 7. The van der Waals surface area contributed by atoms with Crippen LogP contribution < -0.4 is 0 Å². The van der Waals surface area contributed by atoms with Gasteiger partial charge in [-0.25, -0.2) is 0 Å². The normalized spacial score (nSPS) is 25.9. The second-order valence-corrected chi connectivity index (χ2v) is 66.7. The Bertz CT molecular complexity index is 3430. The van der Waals surface area contributed by atoms with Crippen molar-refractivity contribution >= 4 is 34.0 Å². The van der Waals surface area contributed by atoms with Crippen molar-refractivity contribution in [2.45, 2.75) is 738 Å². The number of ketones is 3. The van der Waals surface area contributed by atoms with Crippen molar-refractivity contribution in [3.8, 4) is 0 Å². The number of hydrogen-bond acceptors (Lipinski definition) is 15. The zero-order valence-electron chi connectivity index (χ0n) is 103. The molecule has 7 aliphatic rings. The van der Waals surface area contributed by atoms with Crippen LogP contribution in [0.5, 0.6) is 0 Å². The molecule has 17 heteroatoms. The van der Waals surface area contributed by atoms with Gasteiger partial charge < -0.3 is 23.8 Å². The summed E-state index contributed by atoms with van der Waals surface area (Å²) >= 11 is 0. The van der Waals surface area contributed by atoms with Crippen molar-refractivity contribution in [2.24, 2.45) is 11.8 Å². The molecule has 15 nitrogen and oxygen atoms in total. The van der Waals surface area contributed by atoms with E-state index in [1.807, 2.05) is 7.11 Å². The highest BCUT2D eigenvalue weighted by Crippen LogP contribution is 2.58. The van der Waals surface area contributed by atoms with E-state index in [2.05, 4.69) is 427 Å². The van der Waals surface area contributed by atoms with Gasteiger partial charge in [0.2, 0.25) is 0 Å². The molecule has 0 aromatic heterocycles. The van der Waals surface area contributed by atoms with Gasteiger partial charge in [-0.2, -0.15) is 0 Å². The van der Waals surface area contributed by atoms with E-state index >= 15 is 0 Å². The first-order valence-electron chi connectivity index (χ1n) is 56.9. The maximum absolute atomic E-state index is 12.4. The molecule has 0 amide bonds. The number of Topliss-reactive ketones (excluding diaryl/α,β-unsaturated/α-hetero) is 3. The van der Waals surface area contributed by atoms with E-state index < -0.39 is 16.6 Å². The minimum absolute atomic E-state index is 0.0247. The quantitative estimate of drug-likeness (QED) is 0.0837. The van der Waals surface area contributed by atoms with Crippen molar-refractivity contribution < 1.29 is 38.2 Å². The van der Waals surface area contributed by atoms with Crippen LogP contribution in [0.1, 0.15) is 552 Å². The molecular formula is C120H245N7O8Si2. The van der Waals surface area contributed by atoms with Gasteiger partial charge in [-0.1, -0.05) is 138 Å². The molecule has 4 unspecified atom stereocenters. The first kappa shape index (κ1) is 134. The summed E-state index contributed by atoms with van der Waals surface area (Å²) in [6.45, 7) is 131. The molecule has 0 aromatic carbocycles. The van der Waals surface area contributed by atoms with Crippen molar-refractivity contribution in [3.63, 3.8) is 0 Å². The fourth-order valence-electron chi connectivity index (χ4n) is 33.0. The Kier molecular flexibility index (Phi) is 48.1. The van der Waals surface area contributed by atoms with Crippen LogP contribution in [0, 0.1) is 11.8 Å². The average Bonchev–Trinajstić information content (AvgIpc) is 0.703. The molecule has 0 aromatic rings. The van der Waals surface area contributed by atoms with Gasteiger partial charge in [0.15, 0.2) is 16.6 Å². The van der Waals surface area contributed by atoms with Crippen LogP contribution in [0.2, 0.25) is 39.3 Å². The minimum atomic E-state index is -1.71. The monoisotopic (exact) mass is 1970 g/mol. The predicted molar refractivity (Wildman–Crippen MR) is 604 cm³/mol. The number of carbonyl (C=O) groups is 3. The predicted octanol–water partition coefficient (Wildman–Crippen LogP) is 31.9. The van der Waals surface area contributed by atoms with E-state index in [0.29, 0.717) is 54.6 Å². The van der Waals surface area contributed by atoms with Crippen LogP contribution in [0.25, 0.3) is 0 Å². The zero-order valence-corrected chi connectivity index (χ0v) is 105. The summed E-state index contributed by atoms with van der Waals surface area (Å²) in [5.74, 6) is 2.25. The van der Waals surface area contributed by atoms with E-state index in [4.69, 9.17) is 13.6 Å². The summed E-state index contributed by atoms with van der Waals surface area (Å²) in [7, 11) is -1.54. The molecule has 137 heavy (non-hydrogen) atoms. The van der Waals surface area contributed by atoms with Crippen molar-refractivity contribution in [2.75, 3.05) is 7.11 Å². The van der Waals surface area contributed by atoms with Crippen LogP contribution in [0.15, 0.2) is 0 Å². The Morgan fingerprint density at radius 3 is 0.693 bits per heavy atom. The van der Waals surface area contributed by atoms with Gasteiger partial charge >= 0.3 is 0 Å². The second kappa shape index (κ2) is 49.2. The largest absolute Gasteiger partial charge is 0.413 e. The number of methoxy groups -OCH3 is 1. The Labute approximate surface area is 858 Å². The third-order valence-electron chi connectivity index (χ3n) is 34.5. The Morgan fingerprint density at radius 1 is 0.285 bits per heavy atom. The SMILES string of the molecule is CC(C)(C)N1C(C)(C)CC(=O)CC1(C)C.CC(C)(C)N1C(C)(C)CC(O)CC1(C)C.CCC1(C(O[Si](C)(C)C)C(C)C)CCCC(CC)(C(O[Si](C)(C)C)C(C)C)N1C(C)(C)C.CCC1(CC)CC(=O)CC(C)(C)N1C(C)(C)C.CCC1(CC)CC(=O)CC(CC)(CC)N1C(C)(C)C.CCC1(CC)CC(O)CC(CC)(CC)N1C(C)(C)C.CCC1(CC)CC(OC)CC(CC)(CC)N1C(C)(C)C. The molecule has 0 radical (unpaired) electrons. The van der Waals surface area contributed by atoms with E-state index in [-0.39, 0.29) is 141 Å². The van der Waals surface area contributed by atoms with Crippen LogP contribution in [0.4, 0.5) is 0 Å². The number of aliphatic hydroxyl groups is 2. The maximum atomic E-state index is 12.4. The van der Waals surface area contributed by atoms with Crippen LogP contribution in [-0.4, -0.2) is 232 Å². The zero-order chi connectivity index (χ0) is 108. The van der Waals surface area contributed by atoms with E-state index in [9.17, 15) is 24.6 Å². The third kappa shape index (κ3) is 32.0. The third-order valence-corrected chi connectivity index (χ3v) is 36.5. The summed E-state index contributed by atoms with van der Waals surface area (Å²) < 4.78 is 20.0. The Hall–Kier alpha value is -1.04. The molecule has 816 valence electrons. The molecule has 7 rings (SSSR count). The highest BCUT2D eigenvalue weighted by atomic mass is 28.4. The Morgan fingerprint density at radius 2 is 0.482 bits per heavy atom. The second-order valence-electron chi connectivity index (χ2n) is 57.8. The lowest BCUT2D eigenvalue weighted by Crippen LogP contribution is -2.77. The lowest BCUT2D eigenvalue weighted by molar-refractivity contribution is -0.205. The minimum Gasteiger partial charge on any atom is -0.413 e. The molecule has 7 aliphatic heterocycles. The van der Waals surface area contributed by atoms with E-state index in [0.717, 1.165) is 122 Å². The molecule has 0 saturated carbocycles. The maximum Gasteiger partial charge on any atom is 0.184 e. The molecule has 0 spiro atoms. The Balaban J connectivity index is 0.000000812.